The first-order valence-electron chi connectivity index (χ1n) is 5.88. The van der Waals surface area contributed by atoms with Crippen LogP contribution in [-0.2, 0) is 0 Å². The lowest BCUT2D eigenvalue weighted by Crippen LogP contribution is -2.15. The molecule has 0 amide bonds. The van der Waals surface area contributed by atoms with Crippen LogP contribution in [0.1, 0.15) is 39.2 Å². The Kier molecular flexibility index (Phi) is 4.85. The van der Waals surface area contributed by atoms with Gasteiger partial charge in [0.2, 0.25) is 0 Å². The van der Waals surface area contributed by atoms with E-state index in [0.29, 0.717) is 11.6 Å². The predicted molar refractivity (Wildman–Crippen MR) is 68.3 cm³/mol. The van der Waals surface area contributed by atoms with Crippen molar-refractivity contribution in [2.24, 2.45) is 5.92 Å². The molecule has 16 heavy (non-hydrogen) atoms. The summed E-state index contributed by atoms with van der Waals surface area (Å²) in [7, 11) is 0. The van der Waals surface area contributed by atoms with Crippen LogP contribution in [0.2, 0.25) is 0 Å². The second kappa shape index (κ2) is 6.17. The van der Waals surface area contributed by atoms with Crippen LogP contribution >= 0.6 is 0 Å². The van der Waals surface area contributed by atoms with Gasteiger partial charge in [-0.3, -0.25) is 0 Å². The number of anilines is 1. The fourth-order valence-corrected chi connectivity index (χ4v) is 1.62. The maximum atomic E-state index is 8.79. The third-order valence-electron chi connectivity index (χ3n) is 2.58. The Balaban J connectivity index is 2.49. The fourth-order valence-electron chi connectivity index (χ4n) is 1.62. The molecule has 1 aromatic rings. The molecular weight excluding hydrogens is 196 g/mol. The van der Waals surface area contributed by atoms with Crippen LogP contribution < -0.4 is 5.32 Å². The molecular formula is C14H20N2. The Morgan fingerprint density at radius 3 is 2.62 bits per heavy atom. The molecule has 2 heteroatoms. The molecule has 0 fully saturated rings. The summed E-state index contributed by atoms with van der Waals surface area (Å²) in [6.07, 6.45) is 2.39. The zero-order valence-electron chi connectivity index (χ0n) is 10.3. The van der Waals surface area contributed by atoms with Gasteiger partial charge in [0.05, 0.1) is 11.6 Å². The van der Waals surface area contributed by atoms with Crippen LogP contribution in [0.15, 0.2) is 24.3 Å². The standard InChI is InChI=1S/C14H20N2/c1-11(2)7-8-12(3)16-14-6-4-5-13(9-14)10-15/h4-6,9,11-12,16H,7-8H2,1-3H3. The third kappa shape index (κ3) is 4.35. The van der Waals surface area contributed by atoms with E-state index in [2.05, 4.69) is 32.2 Å². The minimum atomic E-state index is 0.455. The zero-order chi connectivity index (χ0) is 12.0. The number of hydrogen-bond acceptors (Lipinski definition) is 2. The van der Waals surface area contributed by atoms with E-state index in [1.807, 2.05) is 24.3 Å². The van der Waals surface area contributed by atoms with Crippen molar-refractivity contribution in [1.82, 2.24) is 0 Å². The average Bonchev–Trinajstić information content (AvgIpc) is 2.26. The minimum absolute atomic E-state index is 0.455. The van der Waals surface area contributed by atoms with Gasteiger partial charge in [-0.25, -0.2) is 0 Å². The van der Waals surface area contributed by atoms with Crippen LogP contribution in [0.5, 0.6) is 0 Å². The average molecular weight is 216 g/mol. The molecule has 1 atom stereocenters. The van der Waals surface area contributed by atoms with E-state index in [4.69, 9.17) is 5.26 Å². The van der Waals surface area contributed by atoms with Crippen LogP contribution in [0, 0.1) is 17.2 Å². The minimum Gasteiger partial charge on any atom is -0.383 e. The quantitative estimate of drug-likeness (QED) is 0.812. The summed E-state index contributed by atoms with van der Waals surface area (Å²) in [5.41, 5.74) is 1.75. The highest BCUT2D eigenvalue weighted by Crippen LogP contribution is 2.14. The van der Waals surface area contributed by atoms with E-state index in [9.17, 15) is 0 Å². The van der Waals surface area contributed by atoms with Gasteiger partial charge in [0.15, 0.2) is 0 Å². The Morgan fingerprint density at radius 2 is 2.00 bits per heavy atom. The second-order valence-electron chi connectivity index (χ2n) is 4.71. The molecule has 0 radical (unpaired) electrons. The lowest BCUT2D eigenvalue weighted by molar-refractivity contribution is 0.528. The lowest BCUT2D eigenvalue weighted by atomic mass is 10.0. The van der Waals surface area contributed by atoms with Gasteiger partial charge in [0.25, 0.3) is 0 Å². The molecule has 0 heterocycles. The van der Waals surface area contributed by atoms with Crippen molar-refractivity contribution in [3.8, 4) is 6.07 Å². The van der Waals surface area contributed by atoms with Crippen molar-refractivity contribution in [2.75, 3.05) is 5.32 Å². The molecule has 0 bridgehead atoms. The highest BCUT2D eigenvalue weighted by atomic mass is 14.9. The van der Waals surface area contributed by atoms with Crippen LogP contribution in [0.25, 0.3) is 0 Å². The number of nitrogens with zero attached hydrogens (tertiary/aromatic N) is 1. The molecule has 0 aliphatic rings. The van der Waals surface area contributed by atoms with E-state index in [1.54, 1.807) is 0 Å². The summed E-state index contributed by atoms with van der Waals surface area (Å²) in [5, 5.41) is 12.2. The van der Waals surface area contributed by atoms with Crippen LogP contribution in [0.3, 0.4) is 0 Å². The Bertz CT molecular complexity index is 363. The van der Waals surface area contributed by atoms with Crippen LogP contribution in [0.4, 0.5) is 5.69 Å². The monoisotopic (exact) mass is 216 g/mol. The maximum Gasteiger partial charge on any atom is 0.0992 e. The Morgan fingerprint density at radius 1 is 1.25 bits per heavy atom. The van der Waals surface area contributed by atoms with Gasteiger partial charge in [-0.2, -0.15) is 5.26 Å². The summed E-state index contributed by atoms with van der Waals surface area (Å²) in [6.45, 7) is 6.66. The van der Waals surface area contributed by atoms with E-state index >= 15 is 0 Å². The topological polar surface area (TPSA) is 35.8 Å². The molecule has 1 aromatic carbocycles. The smallest absolute Gasteiger partial charge is 0.0992 e. The summed E-state index contributed by atoms with van der Waals surface area (Å²) in [6, 6.07) is 10.2. The zero-order valence-corrected chi connectivity index (χ0v) is 10.3. The fraction of sp³-hybridized carbons (Fsp3) is 0.500. The Hall–Kier alpha value is -1.49. The molecule has 0 saturated carbocycles. The van der Waals surface area contributed by atoms with Gasteiger partial charge >= 0.3 is 0 Å². The molecule has 0 spiro atoms. The van der Waals surface area contributed by atoms with Crippen molar-refractivity contribution >= 4 is 5.69 Å². The van der Waals surface area contributed by atoms with E-state index in [1.165, 1.54) is 6.42 Å². The van der Waals surface area contributed by atoms with Gasteiger partial charge in [-0.05, 0) is 43.9 Å². The number of nitriles is 1. The van der Waals surface area contributed by atoms with Crippen LogP contribution in [-0.4, -0.2) is 6.04 Å². The Labute approximate surface area is 98.3 Å². The number of nitrogens with one attached hydrogen (secondary N) is 1. The third-order valence-corrected chi connectivity index (χ3v) is 2.58. The van der Waals surface area contributed by atoms with E-state index in [0.717, 1.165) is 18.0 Å². The molecule has 2 nitrogen and oxygen atoms in total. The van der Waals surface area contributed by atoms with Crippen molar-refractivity contribution in [3.05, 3.63) is 29.8 Å². The van der Waals surface area contributed by atoms with Gasteiger partial charge in [-0.1, -0.05) is 19.9 Å². The predicted octanol–water partition coefficient (Wildman–Crippen LogP) is 3.79. The second-order valence-corrected chi connectivity index (χ2v) is 4.71. The van der Waals surface area contributed by atoms with Crippen molar-refractivity contribution in [3.63, 3.8) is 0 Å². The first-order valence-corrected chi connectivity index (χ1v) is 5.88. The molecule has 0 aromatic heterocycles. The maximum absolute atomic E-state index is 8.79. The normalized spacial score (nSPS) is 12.2. The van der Waals surface area contributed by atoms with Crippen molar-refractivity contribution in [2.45, 2.75) is 39.7 Å². The number of rotatable bonds is 5. The summed E-state index contributed by atoms with van der Waals surface area (Å²) >= 11 is 0. The molecule has 1 unspecified atom stereocenters. The largest absolute Gasteiger partial charge is 0.383 e. The molecule has 0 aliphatic carbocycles. The number of hydrogen-bond donors (Lipinski definition) is 1. The first-order chi connectivity index (χ1) is 7.61. The van der Waals surface area contributed by atoms with Gasteiger partial charge in [0.1, 0.15) is 0 Å². The van der Waals surface area contributed by atoms with E-state index < -0.39 is 0 Å². The first kappa shape index (κ1) is 12.6. The van der Waals surface area contributed by atoms with Gasteiger partial charge < -0.3 is 5.32 Å². The summed E-state index contributed by atoms with van der Waals surface area (Å²) in [5.74, 6) is 0.745. The number of benzene rings is 1. The van der Waals surface area contributed by atoms with Gasteiger partial charge in [0, 0.05) is 11.7 Å². The van der Waals surface area contributed by atoms with Crippen molar-refractivity contribution < 1.29 is 0 Å². The van der Waals surface area contributed by atoms with Crippen molar-refractivity contribution in [1.29, 1.82) is 5.26 Å². The summed E-state index contributed by atoms with van der Waals surface area (Å²) in [4.78, 5) is 0. The lowest BCUT2D eigenvalue weighted by Gasteiger charge is -2.16. The molecule has 86 valence electrons. The van der Waals surface area contributed by atoms with E-state index in [-0.39, 0.29) is 0 Å². The van der Waals surface area contributed by atoms with Gasteiger partial charge in [-0.15, -0.1) is 0 Å². The molecule has 0 saturated heterocycles. The molecule has 1 rings (SSSR count). The molecule has 1 N–H and O–H groups in total. The summed E-state index contributed by atoms with van der Waals surface area (Å²) < 4.78 is 0. The highest BCUT2D eigenvalue weighted by Gasteiger charge is 2.03. The molecule has 0 aliphatic heterocycles. The highest BCUT2D eigenvalue weighted by molar-refractivity contribution is 5.49. The SMILES string of the molecule is CC(C)CCC(C)Nc1cccc(C#N)c1.